The Morgan fingerprint density at radius 2 is 1.86 bits per heavy atom. The maximum absolute atomic E-state index is 11.1. The van der Waals surface area contributed by atoms with Crippen LogP contribution in [0.4, 0.5) is 4.79 Å². The summed E-state index contributed by atoms with van der Waals surface area (Å²) in [6.45, 7) is 5.03. The van der Waals surface area contributed by atoms with Crippen LogP contribution in [0, 0.1) is 0 Å². The molecule has 0 heterocycles. The highest BCUT2D eigenvalue weighted by atomic mass is 16.6. The van der Waals surface area contributed by atoms with Gasteiger partial charge >= 0.3 is 12.1 Å². The second-order valence-electron chi connectivity index (χ2n) is 3.60. The molecule has 0 aliphatic carbocycles. The van der Waals surface area contributed by atoms with E-state index in [0.29, 0.717) is 0 Å². The van der Waals surface area contributed by atoms with Gasteiger partial charge in [0, 0.05) is 7.11 Å². The molecule has 6 heteroatoms. The molecule has 0 saturated heterocycles. The number of carbonyl (C=O) groups excluding carboxylic acids is 1. The van der Waals surface area contributed by atoms with Gasteiger partial charge in [0.25, 0.3) is 0 Å². The van der Waals surface area contributed by atoms with Crippen LogP contribution in [0.1, 0.15) is 20.8 Å². The Bertz CT molecular complexity index is 220. The van der Waals surface area contributed by atoms with Crippen LogP contribution in [0.3, 0.4) is 0 Å². The van der Waals surface area contributed by atoms with E-state index in [1.54, 1.807) is 20.8 Å². The fourth-order valence-electron chi connectivity index (χ4n) is 0.636. The van der Waals surface area contributed by atoms with Gasteiger partial charge in [0.1, 0.15) is 5.60 Å². The summed E-state index contributed by atoms with van der Waals surface area (Å²) < 4.78 is 9.31. The van der Waals surface area contributed by atoms with Gasteiger partial charge in [-0.05, 0) is 20.8 Å². The summed E-state index contributed by atoms with van der Waals surface area (Å²) in [6.07, 6.45) is -2.21. The normalized spacial score (nSPS) is 13.1. The van der Waals surface area contributed by atoms with E-state index < -0.39 is 23.9 Å². The Morgan fingerprint density at radius 3 is 2.14 bits per heavy atom. The van der Waals surface area contributed by atoms with Crippen molar-refractivity contribution in [3.8, 4) is 0 Å². The number of aliphatic carboxylic acids is 1. The molecule has 0 aliphatic heterocycles. The number of amides is 1. The first kappa shape index (κ1) is 12.7. The van der Waals surface area contributed by atoms with Crippen molar-refractivity contribution in [3.63, 3.8) is 0 Å². The van der Waals surface area contributed by atoms with Crippen molar-refractivity contribution < 1.29 is 24.2 Å². The summed E-state index contributed by atoms with van der Waals surface area (Å²) in [7, 11) is 1.18. The minimum atomic E-state index is -1.38. The highest BCUT2D eigenvalue weighted by Gasteiger charge is 2.23. The van der Waals surface area contributed by atoms with Crippen LogP contribution in [0.2, 0.25) is 0 Å². The van der Waals surface area contributed by atoms with Gasteiger partial charge < -0.3 is 14.6 Å². The first-order valence-electron chi connectivity index (χ1n) is 4.01. The highest BCUT2D eigenvalue weighted by Crippen LogP contribution is 2.06. The van der Waals surface area contributed by atoms with Gasteiger partial charge in [-0.25, -0.2) is 9.59 Å². The minimum Gasteiger partial charge on any atom is -0.478 e. The summed E-state index contributed by atoms with van der Waals surface area (Å²) in [5.74, 6) is -1.28. The average molecular weight is 205 g/mol. The Kier molecular flexibility index (Phi) is 4.36. The minimum absolute atomic E-state index is 0.666. The van der Waals surface area contributed by atoms with E-state index in [1.807, 2.05) is 5.32 Å². The largest absolute Gasteiger partial charge is 0.478 e. The summed E-state index contributed by atoms with van der Waals surface area (Å²) in [4.78, 5) is 21.5. The molecule has 0 rings (SSSR count). The summed E-state index contributed by atoms with van der Waals surface area (Å²) in [5, 5.41) is 10.6. The van der Waals surface area contributed by atoms with Crippen molar-refractivity contribution >= 4 is 12.1 Å². The standard InChI is InChI=1S/C8H15NO5/c1-8(2,3)14-7(12)9-5(13-4)6(10)11/h5H,1-4H3,(H,9,12)(H,10,11)/t5-/m1/s1. The number of hydrogen-bond donors (Lipinski definition) is 2. The second kappa shape index (κ2) is 4.80. The van der Waals surface area contributed by atoms with Crippen molar-refractivity contribution in [1.82, 2.24) is 5.32 Å². The Balaban J connectivity index is 4.11. The molecule has 14 heavy (non-hydrogen) atoms. The van der Waals surface area contributed by atoms with Crippen LogP contribution in [-0.2, 0) is 14.3 Å². The molecule has 0 saturated carbocycles. The van der Waals surface area contributed by atoms with Crippen LogP contribution in [0.25, 0.3) is 0 Å². The van der Waals surface area contributed by atoms with E-state index >= 15 is 0 Å². The molecule has 1 atom stereocenters. The zero-order valence-corrected chi connectivity index (χ0v) is 8.66. The predicted octanol–water partition coefficient (Wildman–Crippen LogP) is 0.568. The third-order valence-corrected chi connectivity index (χ3v) is 1.11. The Labute approximate surface area is 82.2 Å². The van der Waals surface area contributed by atoms with E-state index in [9.17, 15) is 9.59 Å². The maximum atomic E-state index is 11.1. The molecule has 0 aromatic carbocycles. The molecule has 0 radical (unpaired) electrons. The van der Waals surface area contributed by atoms with Gasteiger partial charge in [-0.2, -0.15) is 0 Å². The molecular weight excluding hydrogens is 190 g/mol. The molecule has 2 N–H and O–H groups in total. The molecule has 1 amide bonds. The number of ether oxygens (including phenoxy) is 2. The van der Waals surface area contributed by atoms with Crippen molar-refractivity contribution in [2.24, 2.45) is 0 Å². The van der Waals surface area contributed by atoms with Gasteiger partial charge in [0.15, 0.2) is 0 Å². The average Bonchev–Trinajstić information content (AvgIpc) is 1.96. The third kappa shape index (κ3) is 5.36. The van der Waals surface area contributed by atoms with Crippen molar-refractivity contribution in [2.75, 3.05) is 7.11 Å². The van der Waals surface area contributed by atoms with Crippen molar-refractivity contribution in [2.45, 2.75) is 32.6 Å². The number of nitrogens with one attached hydrogen (secondary N) is 1. The molecule has 0 spiro atoms. The number of carboxylic acids is 1. The van der Waals surface area contributed by atoms with Gasteiger partial charge in [-0.3, -0.25) is 5.32 Å². The lowest BCUT2D eigenvalue weighted by Crippen LogP contribution is -2.44. The molecule has 0 aromatic rings. The number of rotatable bonds is 3. The first-order chi connectivity index (χ1) is 6.26. The molecule has 82 valence electrons. The summed E-state index contributed by atoms with van der Waals surface area (Å²) in [5.41, 5.74) is -0.666. The zero-order valence-electron chi connectivity index (χ0n) is 8.66. The van der Waals surface area contributed by atoms with Crippen LogP contribution in [0.15, 0.2) is 0 Å². The Morgan fingerprint density at radius 1 is 1.36 bits per heavy atom. The molecule has 0 aromatic heterocycles. The van der Waals surface area contributed by atoms with E-state index in [0.717, 1.165) is 0 Å². The summed E-state index contributed by atoms with van der Waals surface area (Å²) >= 11 is 0. The van der Waals surface area contributed by atoms with Gasteiger partial charge in [0.05, 0.1) is 0 Å². The smallest absolute Gasteiger partial charge is 0.410 e. The molecule has 0 bridgehead atoms. The van der Waals surface area contributed by atoms with Crippen LogP contribution < -0.4 is 5.32 Å². The monoisotopic (exact) mass is 205 g/mol. The lowest BCUT2D eigenvalue weighted by Gasteiger charge is -2.21. The topological polar surface area (TPSA) is 84.9 Å². The Hall–Kier alpha value is -1.30. The zero-order chi connectivity index (χ0) is 11.4. The SMILES string of the molecule is CO[C@@H](NC(=O)OC(C)(C)C)C(=O)O. The van der Waals surface area contributed by atoms with Crippen LogP contribution >= 0.6 is 0 Å². The molecular formula is C8H15NO5. The lowest BCUT2D eigenvalue weighted by atomic mass is 10.2. The quantitative estimate of drug-likeness (QED) is 0.658. The number of alkyl carbamates (subject to hydrolysis) is 1. The number of carbonyl (C=O) groups is 2. The van der Waals surface area contributed by atoms with Gasteiger partial charge in [0.2, 0.25) is 6.23 Å². The number of hydrogen-bond acceptors (Lipinski definition) is 4. The molecule has 0 aliphatic rings. The van der Waals surface area contributed by atoms with E-state index in [2.05, 4.69) is 4.74 Å². The lowest BCUT2D eigenvalue weighted by molar-refractivity contribution is -0.150. The first-order valence-corrected chi connectivity index (χ1v) is 4.01. The second-order valence-corrected chi connectivity index (χ2v) is 3.60. The van der Waals surface area contributed by atoms with Crippen LogP contribution in [-0.4, -0.2) is 36.1 Å². The van der Waals surface area contributed by atoms with E-state index in [-0.39, 0.29) is 0 Å². The number of methoxy groups -OCH3 is 1. The van der Waals surface area contributed by atoms with Gasteiger partial charge in [-0.15, -0.1) is 0 Å². The molecule has 0 fully saturated rings. The van der Waals surface area contributed by atoms with Crippen molar-refractivity contribution in [3.05, 3.63) is 0 Å². The van der Waals surface area contributed by atoms with Crippen LogP contribution in [0.5, 0.6) is 0 Å². The fourth-order valence-corrected chi connectivity index (χ4v) is 0.636. The summed E-state index contributed by atoms with van der Waals surface area (Å²) in [6, 6.07) is 0. The van der Waals surface area contributed by atoms with E-state index in [1.165, 1.54) is 7.11 Å². The molecule has 0 unspecified atom stereocenters. The molecule has 6 nitrogen and oxygen atoms in total. The predicted molar refractivity (Wildman–Crippen MR) is 47.8 cm³/mol. The van der Waals surface area contributed by atoms with E-state index in [4.69, 9.17) is 9.84 Å². The van der Waals surface area contributed by atoms with Crippen molar-refractivity contribution in [1.29, 1.82) is 0 Å². The van der Waals surface area contributed by atoms with Gasteiger partial charge in [-0.1, -0.05) is 0 Å². The third-order valence-electron chi connectivity index (χ3n) is 1.11. The maximum Gasteiger partial charge on any atom is 0.410 e. The fraction of sp³-hybridized carbons (Fsp3) is 0.750. The number of carboxylic acid groups (broad SMARTS) is 1. The highest BCUT2D eigenvalue weighted by molar-refractivity contribution is 5.78.